The van der Waals surface area contributed by atoms with Gasteiger partial charge in [0, 0.05) is 24.7 Å². The van der Waals surface area contributed by atoms with Crippen LogP contribution in [0.4, 0.5) is 20.2 Å². The highest BCUT2D eigenvalue weighted by atomic mass is 19.1. The molecule has 2 aromatic carbocycles. The Kier molecular flexibility index (Phi) is 6.12. The van der Waals surface area contributed by atoms with E-state index in [1.54, 1.807) is 0 Å². The van der Waals surface area contributed by atoms with Crippen LogP contribution in [-0.4, -0.2) is 18.6 Å². The van der Waals surface area contributed by atoms with E-state index >= 15 is 0 Å². The molecule has 0 atom stereocenters. The lowest BCUT2D eigenvalue weighted by Crippen LogP contribution is -2.17. The Balaban J connectivity index is 1.78. The molecule has 0 aliphatic carbocycles. The lowest BCUT2D eigenvalue weighted by molar-refractivity contribution is -0.116. The van der Waals surface area contributed by atoms with Crippen LogP contribution < -0.4 is 15.4 Å². The van der Waals surface area contributed by atoms with Crippen LogP contribution in [0.25, 0.3) is 0 Å². The van der Waals surface area contributed by atoms with Gasteiger partial charge in [0.25, 0.3) is 0 Å². The second-order valence-corrected chi connectivity index (χ2v) is 5.54. The largest absolute Gasteiger partial charge is 0.491 e. The third-order valence-corrected chi connectivity index (χ3v) is 3.11. The van der Waals surface area contributed by atoms with Gasteiger partial charge < -0.3 is 15.4 Å². The normalized spacial score (nSPS) is 10.5. The van der Waals surface area contributed by atoms with E-state index < -0.39 is 11.6 Å². The molecular formula is C18H20F2N2O2. The molecule has 4 nitrogen and oxygen atoms in total. The monoisotopic (exact) mass is 334 g/mol. The van der Waals surface area contributed by atoms with E-state index in [4.69, 9.17) is 4.74 Å². The van der Waals surface area contributed by atoms with Crippen LogP contribution in [0.15, 0.2) is 42.5 Å². The molecule has 0 aliphatic heterocycles. The van der Waals surface area contributed by atoms with Crippen molar-refractivity contribution in [2.24, 2.45) is 0 Å². The fourth-order valence-electron chi connectivity index (χ4n) is 2.05. The van der Waals surface area contributed by atoms with Gasteiger partial charge >= 0.3 is 0 Å². The molecule has 1 amide bonds. The molecule has 2 aromatic rings. The fraction of sp³-hybridized carbons (Fsp3) is 0.278. The molecule has 24 heavy (non-hydrogen) atoms. The van der Waals surface area contributed by atoms with Gasteiger partial charge in [-0.15, -0.1) is 0 Å². The van der Waals surface area contributed by atoms with E-state index in [1.807, 2.05) is 38.1 Å². The van der Waals surface area contributed by atoms with Crippen molar-refractivity contribution in [1.82, 2.24) is 0 Å². The third-order valence-electron chi connectivity index (χ3n) is 3.11. The average Bonchev–Trinajstić information content (AvgIpc) is 2.51. The van der Waals surface area contributed by atoms with Crippen molar-refractivity contribution in [3.05, 3.63) is 54.1 Å². The molecule has 128 valence electrons. The smallest absolute Gasteiger partial charge is 0.226 e. The summed E-state index contributed by atoms with van der Waals surface area (Å²) in [7, 11) is 0. The van der Waals surface area contributed by atoms with Gasteiger partial charge in [0.1, 0.15) is 17.4 Å². The first-order valence-electron chi connectivity index (χ1n) is 7.69. The topological polar surface area (TPSA) is 50.4 Å². The zero-order valence-electron chi connectivity index (χ0n) is 13.6. The van der Waals surface area contributed by atoms with E-state index in [2.05, 4.69) is 10.6 Å². The van der Waals surface area contributed by atoms with Crippen LogP contribution in [0.3, 0.4) is 0 Å². The number of halogens is 2. The van der Waals surface area contributed by atoms with E-state index in [9.17, 15) is 13.6 Å². The maximum absolute atomic E-state index is 13.4. The molecule has 0 heterocycles. The summed E-state index contributed by atoms with van der Waals surface area (Å²) >= 11 is 0. The summed E-state index contributed by atoms with van der Waals surface area (Å²) in [6.07, 6.45) is 0.264. The molecule has 0 bridgehead atoms. The SMILES string of the molecule is CC(C)Oc1ccc(NCCC(=O)Nc2ccc(F)cc2F)cc1. The van der Waals surface area contributed by atoms with Gasteiger partial charge in [0.15, 0.2) is 0 Å². The zero-order chi connectivity index (χ0) is 17.5. The highest BCUT2D eigenvalue weighted by Gasteiger charge is 2.08. The molecule has 0 aliphatic rings. The second kappa shape index (κ2) is 8.29. The lowest BCUT2D eigenvalue weighted by Gasteiger charge is -2.11. The number of carbonyl (C=O) groups is 1. The van der Waals surface area contributed by atoms with Crippen LogP contribution in [0.5, 0.6) is 5.75 Å². The minimum absolute atomic E-state index is 0.0309. The van der Waals surface area contributed by atoms with Crippen molar-refractivity contribution in [2.45, 2.75) is 26.4 Å². The quantitative estimate of drug-likeness (QED) is 0.798. The Bertz CT molecular complexity index is 688. The molecule has 0 radical (unpaired) electrons. The van der Waals surface area contributed by atoms with Crippen LogP contribution in [0.2, 0.25) is 0 Å². The molecule has 2 N–H and O–H groups in total. The second-order valence-electron chi connectivity index (χ2n) is 5.54. The van der Waals surface area contributed by atoms with Gasteiger partial charge in [-0.05, 0) is 50.2 Å². The summed E-state index contributed by atoms with van der Waals surface area (Å²) in [5, 5.41) is 5.51. The predicted molar refractivity (Wildman–Crippen MR) is 90.3 cm³/mol. The highest BCUT2D eigenvalue weighted by Crippen LogP contribution is 2.17. The summed E-state index contributed by atoms with van der Waals surface area (Å²) in [4.78, 5) is 11.8. The molecule has 6 heteroatoms. The van der Waals surface area contributed by atoms with Crippen LogP contribution >= 0.6 is 0 Å². The molecule has 0 aromatic heterocycles. The number of carbonyl (C=O) groups excluding carboxylic acids is 1. The number of ether oxygens (including phenoxy) is 1. The molecule has 0 fully saturated rings. The Morgan fingerprint density at radius 2 is 1.83 bits per heavy atom. The van der Waals surface area contributed by atoms with Crippen molar-refractivity contribution in [3.63, 3.8) is 0 Å². The summed E-state index contributed by atoms with van der Waals surface area (Å²) in [5.74, 6) is -1.05. The number of benzene rings is 2. The summed E-state index contributed by atoms with van der Waals surface area (Å²) in [6.45, 7) is 4.29. The van der Waals surface area contributed by atoms with Gasteiger partial charge in [-0.1, -0.05) is 0 Å². The van der Waals surface area contributed by atoms with Crippen molar-refractivity contribution in [3.8, 4) is 5.75 Å². The molecular weight excluding hydrogens is 314 g/mol. The summed E-state index contributed by atoms with van der Waals surface area (Å²) in [5.41, 5.74) is 0.823. The first-order valence-corrected chi connectivity index (χ1v) is 7.69. The lowest BCUT2D eigenvalue weighted by atomic mass is 10.2. The van der Waals surface area contributed by atoms with Gasteiger partial charge in [0.05, 0.1) is 11.8 Å². The Morgan fingerprint density at radius 3 is 2.46 bits per heavy atom. The molecule has 0 unspecified atom stereocenters. The van der Waals surface area contributed by atoms with Crippen molar-refractivity contribution >= 4 is 17.3 Å². The van der Waals surface area contributed by atoms with E-state index in [0.717, 1.165) is 23.6 Å². The minimum atomic E-state index is -0.794. The average molecular weight is 334 g/mol. The first kappa shape index (κ1) is 17.7. The van der Waals surface area contributed by atoms with Gasteiger partial charge in [-0.25, -0.2) is 8.78 Å². The zero-order valence-corrected chi connectivity index (χ0v) is 13.6. The van der Waals surface area contributed by atoms with Crippen molar-refractivity contribution in [1.29, 1.82) is 0 Å². The Morgan fingerprint density at radius 1 is 1.12 bits per heavy atom. The van der Waals surface area contributed by atoms with Crippen LogP contribution in [0, 0.1) is 11.6 Å². The predicted octanol–water partition coefficient (Wildman–Crippen LogP) is 4.19. The van der Waals surface area contributed by atoms with E-state index in [-0.39, 0.29) is 24.1 Å². The number of nitrogens with one attached hydrogen (secondary N) is 2. The van der Waals surface area contributed by atoms with E-state index in [0.29, 0.717) is 6.54 Å². The maximum atomic E-state index is 13.4. The maximum Gasteiger partial charge on any atom is 0.226 e. The first-order chi connectivity index (χ1) is 11.4. The molecule has 0 spiro atoms. The van der Waals surface area contributed by atoms with Crippen molar-refractivity contribution in [2.75, 3.05) is 17.2 Å². The third kappa shape index (κ3) is 5.53. The van der Waals surface area contributed by atoms with Crippen LogP contribution in [0.1, 0.15) is 20.3 Å². The number of hydrogen-bond donors (Lipinski definition) is 2. The number of rotatable bonds is 7. The standard InChI is InChI=1S/C18H20F2N2O2/c1-12(2)24-15-6-4-14(5-7-15)21-10-9-18(23)22-17-8-3-13(19)11-16(17)20/h3-8,11-12,21H,9-10H2,1-2H3,(H,22,23). The molecule has 2 rings (SSSR count). The van der Waals surface area contributed by atoms with Gasteiger partial charge in [-0.2, -0.15) is 0 Å². The summed E-state index contributed by atoms with van der Waals surface area (Å²) in [6, 6.07) is 10.4. The fourth-order valence-corrected chi connectivity index (χ4v) is 2.05. The molecule has 0 saturated carbocycles. The van der Waals surface area contributed by atoms with Crippen molar-refractivity contribution < 1.29 is 18.3 Å². The molecule has 0 saturated heterocycles. The van der Waals surface area contributed by atoms with Gasteiger partial charge in [-0.3, -0.25) is 4.79 Å². The Labute approximate surface area is 139 Å². The Hall–Kier alpha value is -2.63. The minimum Gasteiger partial charge on any atom is -0.491 e. The van der Waals surface area contributed by atoms with E-state index in [1.165, 1.54) is 6.07 Å². The summed E-state index contributed by atoms with van der Waals surface area (Å²) < 4.78 is 31.8. The number of hydrogen-bond acceptors (Lipinski definition) is 3. The number of amides is 1. The van der Waals surface area contributed by atoms with Gasteiger partial charge in [0.2, 0.25) is 5.91 Å². The van der Waals surface area contributed by atoms with Crippen LogP contribution in [-0.2, 0) is 4.79 Å². The highest BCUT2D eigenvalue weighted by molar-refractivity contribution is 5.91. The number of anilines is 2.